The van der Waals surface area contributed by atoms with Gasteiger partial charge in [0.15, 0.2) is 0 Å². The fourth-order valence-corrected chi connectivity index (χ4v) is 3.32. The van der Waals surface area contributed by atoms with E-state index in [1.807, 2.05) is 12.1 Å². The second kappa shape index (κ2) is 7.79. The minimum atomic E-state index is 0.424. The van der Waals surface area contributed by atoms with Crippen molar-refractivity contribution >= 4 is 5.82 Å². The molecule has 1 fully saturated rings. The van der Waals surface area contributed by atoms with E-state index in [-0.39, 0.29) is 0 Å². The third-order valence-electron chi connectivity index (χ3n) is 5.06. The average molecular weight is 374 g/mol. The highest BCUT2D eigenvalue weighted by Gasteiger charge is 2.20. The monoisotopic (exact) mass is 374 g/mol. The Kier molecular flexibility index (Phi) is 5.04. The molecule has 1 aliphatic heterocycles. The van der Waals surface area contributed by atoms with Crippen LogP contribution < -0.4 is 4.90 Å². The van der Waals surface area contributed by atoms with Crippen LogP contribution in [-0.2, 0) is 0 Å². The van der Waals surface area contributed by atoms with Gasteiger partial charge in [0.1, 0.15) is 5.82 Å². The molecule has 0 N–H and O–H groups in total. The van der Waals surface area contributed by atoms with E-state index in [1.54, 1.807) is 30.5 Å². The van der Waals surface area contributed by atoms with Crippen LogP contribution in [0.1, 0.15) is 19.4 Å². The van der Waals surface area contributed by atoms with Gasteiger partial charge in [-0.3, -0.25) is 4.90 Å². The number of hydrogen-bond donors (Lipinski definition) is 0. The van der Waals surface area contributed by atoms with Gasteiger partial charge in [0, 0.05) is 49.5 Å². The number of anilines is 1. The molecular weight excluding hydrogens is 352 g/mol. The predicted octanol–water partition coefficient (Wildman–Crippen LogP) is 3.20. The van der Waals surface area contributed by atoms with Gasteiger partial charge >= 0.3 is 0 Å². The summed E-state index contributed by atoms with van der Waals surface area (Å²) in [6.45, 7) is 8.55. The lowest BCUT2D eigenvalue weighted by atomic mass is 10.1. The van der Waals surface area contributed by atoms with E-state index >= 15 is 0 Å². The molecule has 0 amide bonds. The Balaban J connectivity index is 1.46. The first-order chi connectivity index (χ1) is 13.6. The Hall–Kier alpha value is -3.24. The fraction of sp³-hybridized carbons (Fsp3) is 0.333. The average Bonchev–Trinajstić information content (AvgIpc) is 3.24. The maximum absolute atomic E-state index is 8.89. The van der Waals surface area contributed by atoms with E-state index in [9.17, 15) is 0 Å². The number of nitriles is 1. The zero-order valence-corrected chi connectivity index (χ0v) is 16.0. The van der Waals surface area contributed by atoms with E-state index in [0.29, 0.717) is 23.3 Å². The van der Waals surface area contributed by atoms with Gasteiger partial charge in [-0.15, -0.1) is 0 Å². The normalized spacial score (nSPS) is 15.0. The highest BCUT2D eigenvalue weighted by atomic mass is 16.5. The molecule has 0 atom stereocenters. The third-order valence-corrected chi connectivity index (χ3v) is 5.06. The first-order valence-corrected chi connectivity index (χ1v) is 9.44. The summed E-state index contributed by atoms with van der Waals surface area (Å²) in [6, 6.07) is 13.7. The molecule has 7 nitrogen and oxygen atoms in total. The largest absolute Gasteiger partial charge is 0.354 e. The third kappa shape index (κ3) is 3.73. The molecule has 1 aliphatic rings. The van der Waals surface area contributed by atoms with Crippen LogP contribution in [0.2, 0.25) is 0 Å². The van der Waals surface area contributed by atoms with E-state index in [4.69, 9.17) is 9.78 Å². The molecule has 0 unspecified atom stereocenters. The Morgan fingerprint density at radius 3 is 2.32 bits per heavy atom. The Morgan fingerprint density at radius 1 is 1.00 bits per heavy atom. The molecule has 0 spiro atoms. The first-order valence-electron chi connectivity index (χ1n) is 9.44. The standard InChI is InChI=1S/C21H22N6O/c1-15(2)26-9-11-27(12-10-26)19-8-7-18(14-23-19)20-24-21(28-25-20)17-5-3-16(13-22)4-6-17/h3-8,14-15H,9-12H2,1-2H3. The number of nitrogens with zero attached hydrogens (tertiary/aromatic N) is 6. The summed E-state index contributed by atoms with van der Waals surface area (Å²) >= 11 is 0. The summed E-state index contributed by atoms with van der Waals surface area (Å²) < 4.78 is 5.37. The smallest absolute Gasteiger partial charge is 0.258 e. The second-order valence-electron chi connectivity index (χ2n) is 7.13. The van der Waals surface area contributed by atoms with Crippen molar-refractivity contribution in [1.82, 2.24) is 20.0 Å². The molecule has 0 radical (unpaired) electrons. The lowest BCUT2D eigenvalue weighted by Crippen LogP contribution is -2.49. The highest BCUT2D eigenvalue weighted by molar-refractivity contribution is 5.61. The first kappa shape index (κ1) is 18.1. The Labute approximate surface area is 164 Å². The summed E-state index contributed by atoms with van der Waals surface area (Å²) in [5.74, 6) is 1.90. The molecule has 142 valence electrons. The van der Waals surface area contributed by atoms with Gasteiger partial charge in [-0.05, 0) is 50.2 Å². The van der Waals surface area contributed by atoms with Crippen molar-refractivity contribution in [3.8, 4) is 28.9 Å². The molecule has 3 heterocycles. The second-order valence-corrected chi connectivity index (χ2v) is 7.13. The molecule has 2 aromatic heterocycles. The molecule has 0 bridgehead atoms. The van der Waals surface area contributed by atoms with Crippen LogP contribution in [0.5, 0.6) is 0 Å². The molecule has 1 aromatic carbocycles. The van der Waals surface area contributed by atoms with E-state index in [2.05, 4.69) is 44.8 Å². The van der Waals surface area contributed by atoms with Gasteiger partial charge in [0.25, 0.3) is 5.89 Å². The number of hydrogen-bond acceptors (Lipinski definition) is 7. The molecule has 4 rings (SSSR count). The van der Waals surface area contributed by atoms with E-state index < -0.39 is 0 Å². The van der Waals surface area contributed by atoms with Crippen molar-refractivity contribution in [2.45, 2.75) is 19.9 Å². The summed E-state index contributed by atoms with van der Waals surface area (Å²) in [5.41, 5.74) is 2.19. The SMILES string of the molecule is CC(C)N1CCN(c2ccc(-c3noc(-c4ccc(C#N)cc4)n3)cn2)CC1. The van der Waals surface area contributed by atoms with Crippen molar-refractivity contribution in [3.05, 3.63) is 48.2 Å². The van der Waals surface area contributed by atoms with Gasteiger partial charge in [-0.1, -0.05) is 5.16 Å². The Bertz CT molecular complexity index is 963. The van der Waals surface area contributed by atoms with Crippen LogP contribution in [0.4, 0.5) is 5.82 Å². The lowest BCUT2D eigenvalue weighted by molar-refractivity contribution is 0.209. The minimum Gasteiger partial charge on any atom is -0.354 e. The maximum Gasteiger partial charge on any atom is 0.258 e. The quantitative estimate of drug-likeness (QED) is 0.693. The van der Waals surface area contributed by atoms with Gasteiger partial charge in [0.2, 0.25) is 5.82 Å². The van der Waals surface area contributed by atoms with E-state index in [0.717, 1.165) is 43.1 Å². The van der Waals surface area contributed by atoms with Gasteiger partial charge in [-0.25, -0.2) is 4.98 Å². The van der Waals surface area contributed by atoms with Gasteiger partial charge in [-0.2, -0.15) is 10.2 Å². The number of benzene rings is 1. The highest BCUT2D eigenvalue weighted by Crippen LogP contribution is 2.24. The Morgan fingerprint density at radius 2 is 1.71 bits per heavy atom. The van der Waals surface area contributed by atoms with Crippen LogP contribution >= 0.6 is 0 Å². The molecular formula is C21H22N6O. The van der Waals surface area contributed by atoms with Crippen molar-refractivity contribution in [3.63, 3.8) is 0 Å². The zero-order chi connectivity index (χ0) is 19.5. The summed E-state index contributed by atoms with van der Waals surface area (Å²) in [6.07, 6.45) is 1.79. The number of piperazine rings is 1. The van der Waals surface area contributed by atoms with Crippen LogP contribution in [0, 0.1) is 11.3 Å². The molecule has 7 heteroatoms. The van der Waals surface area contributed by atoms with E-state index in [1.165, 1.54) is 0 Å². The van der Waals surface area contributed by atoms with Crippen molar-refractivity contribution in [2.24, 2.45) is 0 Å². The van der Waals surface area contributed by atoms with Crippen LogP contribution in [0.25, 0.3) is 22.8 Å². The lowest BCUT2D eigenvalue weighted by Gasteiger charge is -2.37. The maximum atomic E-state index is 8.89. The molecule has 28 heavy (non-hydrogen) atoms. The van der Waals surface area contributed by atoms with Gasteiger partial charge in [0.05, 0.1) is 11.6 Å². The van der Waals surface area contributed by atoms with Crippen LogP contribution in [0.3, 0.4) is 0 Å². The topological polar surface area (TPSA) is 82.1 Å². The summed E-state index contributed by atoms with van der Waals surface area (Å²) in [4.78, 5) is 13.8. The minimum absolute atomic E-state index is 0.424. The molecule has 3 aromatic rings. The predicted molar refractivity (Wildman–Crippen MR) is 107 cm³/mol. The van der Waals surface area contributed by atoms with Crippen molar-refractivity contribution < 1.29 is 4.52 Å². The van der Waals surface area contributed by atoms with Gasteiger partial charge < -0.3 is 9.42 Å². The van der Waals surface area contributed by atoms with Crippen molar-refractivity contribution in [1.29, 1.82) is 5.26 Å². The van der Waals surface area contributed by atoms with Crippen molar-refractivity contribution in [2.75, 3.05) is 31.1 Å². The number of pyridine rings is 1. The fourth-order valence-electron chi connectivity index (χ4n) is 3.32. The number of aromatic nitrogens is 3. The summed E-state index contributed by atoms with van der Waals surface area (Å²) in [5, 5.41) is 13.0. The molecule has 1 saturated heterocycles. The molecule has 0 saturated carbocycles. The number of rotatable bonds is 4. The van der Waals surface area contributed by atoms with Crippen LogP contribution in [0.15, 0.2) is 47.1 Å². The zero-order valence-electron chi connectivity index (χ0n) is 16.0. The summed E-state index contributed by atoms with van der Waals surface area (Å²) in [7, 11) is 0. The van der Waals surface area contributed by atoms with Crippen LogP contribution in [-0.4, -0.2) is 52.2 Å². The molecule has 0 aliphatic carbocycles.